The first-order chi connectivity index (χ1) is 8.43. The van der Waals surface area contributed by atoms with Crippen molar-refractivity contribution in [3.63, 3.8) is 0 Å². The van der Waals surface area contributed by atoms with Gasteiger partial charge in [0.2, 0.25) is 0 Å². The molecule has 1 rings (SSSR count). The molecular weight excluding hydrogens is 246 g/mol. The minimum absolute atomic E-state index is 0.393. The highest BCUT2D eigenvalue weighted by molar-refractivity contribution is 6.30. The van der Waals surface area contributed by atoms with Crippen LogP contribution >= 0.6 is 11.6 Å². The Balaban J connectivity index is 2.86. The molecule has 0 bridgehead atoms. The summed E-state index contributed by atoms with van der Waals surface area (Å²) in [4.78, 5) is 8.87. The molecule has 0 aliphatic carbocycles. The molecule has 1 unspecified atom stereocenters. The Morgan fingerprint density at radius 3 is 2.44 bits per heavy atom. The van der Waals surface area contributed by atoms with E-state index in [1.807, 2.05) is 6.92 Å². The van der Waals surface area contributed by atoms with E-state index in [0.717, 1.165) is 36.5 Å². The Morgan fingerprint density at radius 1 is 1.22 bits per heavy atom. The van der Waals surface area contributed by atoms with Gasteiger partial charge in [-0.2, -0.15) is 0 Å². The van der Waals surface area contributed by atoms with Crippen molar-refractivity contribution in [3.8, 4) is 0 Å². The summed E-state index contributed by atoms with van der Waals surface area (Å²) < 4.78 is 0. The third-order valence-electron chi connectivity index (χ3n) is 2.81. The normalized spacial score (nSPS) is 12.8. The number of aryl methyl sites for hydroxylation is 1. The number of hydrogen-bond donors (Lipinski definition) is 1. The van der Waals surface area contributed by atoms with Crippen LogP contribution in [0.4, 0.5) is 5.82 Å². The fraction of sp³-hybridized carbons (Fsp3) is 0.714. The lowest BCUT2D eigenvalue weighted by atomic mass is 10.1. The van der Waals surface area contributed by atoms with E-state index in [4.69, 9.17) is 11.6 Å². The van der Waals surface area contributed by atoms with Gasteiger partial charge in [-0.1, -0.05) is 32.4 Å². The fourth-order valence-corrected chi connectivity index (χ4v) is 2.20. The first-order valence-electron chi connectivity index (χ1n) is 6.73. The standard InChI is InChI=1S/C14H24ClN3/c1-6-7-12-17-13(15)11(5)14(18-12)16-10(4)8-9(2)3/h9-10H,6-8H2,1-5H3,(H,16,17,18). The van der Waals surface area contributed by atoms with Gasteiger partial charge >= 0.3 is 0 Å². The predicted molar refractivity (Wildman–Crippen MR) is 78.3 cm³/mol. The highest BCUT2D eigenvalue weighted by Gasteiger charge is 2.12. The quantitative estimate of drug-likeness (QED) is 0.785. The maximum absolute atomic E-state index is 6.15. The number of nitrogens with zero attached hydrogens (tertiary/aromatic N) is 2. The van der Waals surface area contributed by atoms with Crippen LogP contribution in [0.2, 0.25) is 5.15 Å². The smallest absolute Gasteiger partial charge is 0.137 e. The van der Waals surface area contributed by atoms with Gasteiger partial charge in [0.15, 0.2) is 0 Å². The maximum atomic E-state index is 6.15. The lowest BCUT2D eigenvalue weighted by molar-refractivity contribution is 0.538. The molecule has 102 valence electrons. The molecule has 1 N–H and O–H groups in total. The fourth-order valence-electron chi connectivity index (χ4n) is 2.01. The summed E-state index contributed by atoms with van der Waals surface area (Å²) in [7, 11) is 0. The summed E-state index contributed by atoms with van der Waals surface area (Å²) in [6.07, 6.45) is 3.01. The first-order valence-corrected chi connectivity index (χ1v) is 7.11. The molecule has 0 aromatic carbocycles. The molecule has 0 saturated carbocycles. The minimum Gasteiger partial charge on any atom is -0.367 e. The van der Waals surface area contributed by atoms with Crippen molar-refractivity contribution in [1.82, 2.24) is 9.97 Å². The van der Waals surface area contributed by atoms with Crippen LogP contribution < -0.4 is 5.32 Å². The van der Waals surface area contributed by atoms with Gasteiger partial charge in [0.05, 0.1) is 0 Å². The Kier molecular flexibility index (Phi) is 5.86. The van der Waals surface area contributed by atoms with Crippen LogP contribution in [-0.4, -0.2) is 16.0 Å². The molecule has 0 aliphatic heterocycles. The SMILES string of the molecule is CCCc1nc(Cl)c(C)c(NC(C)CC(C)C)n1. The average Bonchev–Trinajstić information content (AvgIpc) is 2.24. The van der Waals surface area contributed by atoms with E-state index >= 15 is 0 Å². The van der Waals surface area contributed by atoms with Gasteiger partial charge in [-0.15, -0.1) is 0 Å². The topological polar surface area (TPSA) is 37.8 Å². The molecule has 0 fully saturated rings. The second-order valence-corrected chi connectivity index (χ2v) is 5.69. The van der Waals surface area contributed by atoms with E-state index in [1.54, 1.807) is 0 Å². The molecule has 3 nitrogen and oxygen atoms in total. The highest BCUT2D eigenvalue weighted by Crippen LogP contribution is 2.22. The molecule has 0 aliphatic rings. The highest BCUT2D eigenvalue weighted by atomic mass is 35.5. The summed E-state index contributed by atoms with van der Waals surface area (Å²) in [5.74, 6) is 2.37. The Hall–Kier alpha value is -0.830. The lowest BCUT2D eigenvalue weighted by Crippen LogP contribution is -2.19. The van der Waals surface area contributed by atoms with Crippen LogP contribution in [0.5, 0.6) is 0 Å². The van der Waals surface area contributed by atoms with Gasteiger partial charge in [0, 0.05) is 18.0 Å². The van der Waals surface area contributed by atoms with Gasteiger partial charge in [-0.3, -0.25) is 0 Å². The van der Waals surface area contributed by atoms with E-state index in [-0.39, 0.29) is 0 Å². The van der Waals surface area contributed by atoms with Crippen LogP contribution in [0, 0.1) is 12.8 Å². The first kappa shape index (κ1) is 15.2. The molecule has 0 spiro atoms. The molecule has 1 atom stereocenters. The second kappa shape index (κ2) is 6.93. The van der Waals surface area contributed by atoms with Crippen molar-refractivity contribution in [1.29, 1.82) is 0 Å². The van der Waals surface area contributed by atoms with Gasteiger partial charge < -0.3 is 5.32 Å². The lowest BCUT2D eigenvalue weighted by Gasteiger charge is -2.18. The number of aromatic nitrogens is 2. The Morgan fingerprint density at radius 2 is 1.89 bits per heavy atom. The molecule has 1 heterocycles. The van der Waals surface area contributed by atoms with Crippen LogP contribution in [0.25, 0.3) is 0 Å². The van der Waals surface area contributed by atoms with Crippen molar-refractivity contribution >= 4 is 17.4 Å². The van der Waals surface area contributed by atoms with E-state index < -0.39 is 0 Å². The van der Waals surface area contributed by atoms with Crippen molar-refractivity contribution < 1.29 is 0 Å². The van der Waals surface area contributed by atoms with Crippen LogP contribution in [0.1, 0.15) is 51.9 Å². The number of hydrogen-bond acceptors (Lipinski definition) is 3. The molecule has 4 heteroatoms. The summed E-state index contributed by atoms with van der Waals surface area (Å²) >= 11 is 6.15. The van der Waals surface area contributed by atoms with Crippen molar-refractivity contribution in [2.45, 2.75) is 59.9 Å². The van der Waals surface area contributed by atoms with Gasteiger partial charge in [-0.05, 0) is 32.6 Å². The molecule has 18 heavy (non-hydrogen) atoms. The summed E-state index contributed by atoms with van der Waals surface area (Å²) in [5.41, 5.74) is 0.937. The van der Waals surface area contributed by atoms with Gasteiger partial charge in [0.25, 0.3) is 0 Å². The maximum Gasteiger partial charge on any atom is 0.137 e. The third-order valence-corrected chi connectivity index (χ3v) is 3.18. The van der Waals surface area contributed by atoms with E-state index in [1.165, 1.54) is 0 Å². The average molecular weight is 270 g/mol. The summed E-state index contributed by atoms with van der Waals surface area (Å²) in [6, 6.07) is 0.393. The molecule has 0 radical (unpaired) electrons. The zero-order valence-corrected chi connectivity index (χ0v) is 12.8. The minimum atomic E-state index is 0.393. The van der Waals surface area contributed by atoms with Crippen molar-refractivity contribution in [2.75, 3.05) is 5.32 Å². The van der Waals surface area contributed by atoms with Crippen molar-refractivity contribution in [3.05, 3.63) is 16.5 Å². The molecule has 0 amide bonds. The summed E-state index contributed by atoms with van der Waals surface area (Å²) in [5, 5.41) is 4.01. The number of rotatable bonds is 6. The second-order valence-electron chi connectivity index (χ2n) is 5.33. The number of halogens is 1. The monoisotopic (exact) mass is 269 g/mol. The van der Waals surface area contributed by atoms with Gasteiger partial charge in [-0.25, -0.2) is 9.97 Å². The zero-order chi connectivity index (χ0) is 13.7. The predicted octanol–water partition coefficient (Wildman–Crippen LogP) is 4.24. The van der Waals surface area contributed by atoms with Crippen molar-refractivity contribution in [2.24, 2.45) is 5.92 Å². The van der Waals surface area contributed by atoms with Gasteiger partial charge in [0.1, 0.15) is 16.8 Å². The van der Waals surface area contributed by atoms with Crippen LogP contribution in [0.15, 0.2) is 0 Å². The molecular formula is C14H24ClN3. The van der Waals surface area contributed by atoms with E-state index in [2.05, 4.69) is 43.0 Å². The van der Waals surface area contributed by atoms with Crippen LogP contribution in [-0.2, 0) is 6.42 Å². The molecule has 0 saturated heterocycles. The third kappa shape index (κ3) is 4.45. The zero-order valence-electron chi connectivity index (χ0n) is 12.0. The Bertz CT molecular complexity index is 391. The summed E-state index contributed by atoms with van der Waals surface area (Å²) in [6.45, 7) is 10.7. The van der Waals surface area contributed by atoms with E-state index in [9.17, 15) is 0 Å². The molecule has 1 aromatic rings. The largest absolute Gasteiger partial charge is 0.367 e. The van der Waals surface area contributed by atoms with E-state index in [0.29, 0.717) is 17.1 Å². The molecule has 1 aromatic heterocycles. The van der Waals surface area contributed by atoms with Crippen LogP contribution in [0.3, 0.4) is 0 Å². The number of nitrogens with one attached hydrogen (secondary N) is 1. The Labute approximate surface area is 115 Å². The number of anilines is 1.